The van der Waals surface area contributed by atoms with Crippen LogP contribution >= 0.6 is 11.8 Å². The Labute approximate surface area is 169 Å². The van der Waals surface area contributed by atoms with E-state index in [-0.39, 0.29) is 16.5 Å². The van der Waals surface area contributed by atoms with E-state index in [1.54, 1.807) is 18.9 Å². The van der Waals surface area contributed by atoms with Crippen molar-refractivity contribution in [2.24, 2.45) is 0 Å². The third-order valence-electron chi connectivity index (χ3n) is 4.64. The fraction of sp³-hybridized carbons (Fsp3) is 0.174. The van der Waals surface area contributed by atoms with Crippen LogP contribution in [0.5, 0.6) is 17.2 Å². The van der Waals surface area contributed by atoms with Crippen molar-refractivity contribution >= 4 is 23.4 Å². The minimum Gasteiger partial charge on any atom is -0.495 e. The van der Waals surface area contributed by atoms with Crippen LogP contribution in [0.3, 0.4) is 0 Å². The Bertz CT molecular complexity index is 959. The highest BCUT2D eigenvalue weighted by Crippen LogP contribution is 2.48. The van der Waals surface area contributed by atoms with Gasteiger partial charge in [-0.15, -0.1) is 11.8 Å². The van der Waals surface area contributed by atoms with Crippen LogP contribution in [0.4, 0.5) is 5.69 Å². The molecule has 0 unspecified atom stereocenters. The van der Waals surface area contributed by atoms with Crippen LogP contribution in [0.25, 0.3) is 0 Å². The number of para-hydroxylation sites is 3. The topological polar surface area (TPSA) is 38.8 Å². The average Bonchev–Trinajstić information content (AvgIpc) is 3.03. The zero-order valence-electron chi connectivity index (χ0n) is 15.7. The van der Waals surface area contributed by atoms with Crippen molar-refractivity contribution in [2.75, 3.05) is 12.0 Å². The number of hydrogen-bond donors (Lipinski definition) is 0. The number of carbonyl (C=O) groups is 1. The molecule has 0 aliphatic carbocycles. The largest absolute Gasteiger partial charge is 0.495 e. The molecule has 1 heterocycles. The van der Waals surface area contributed by atoms with Crippen LogP contribution in [-0.2, 0) is 4.79 Å². The number of ether oxygens (including phenoxy) is 2. The molecule has 0 spiro atoms. The first-order valence-corrected chi connectivity index (χ1v) is 10.1. The van der Waals surface area contributed by atoms with Crippen molar-refractivity contribution in [1.82, 2.24) is 0 Å². The molecule has 1 aliphatic heterocycles. The van der Waals surface area contributed by atoms with E-state index in [1.807, 2.05) is 90.7 Å². The van der Waals surface area contributed by atoms with Crippen LogP contribution in [0.1, 0.15) is 17.9 Å². The Morgan fingerprint density at radius 3 is 2.21 bits per heavy atom. The van der Waals surface area contributed by atoms with Gasteiger partial charge in [-0.25, -0.2) is 0 Å². The monoisotopic (exact) mass is 391 g/mol. The zero-order valence-corrected chi connectivity index (χ0v) is 16.6. The second-order valence-electron chi connectivity index (χ2n) is 6.49. The summed E-state index contributed by atoms with van der Waals surface area (Å²) in [4.78, 5) is 14.7. The van der Waals surface area contributed by atoms with Gasteiger partial charge in [-0.1, -0.05) is 42.5 Å². The van der Waals surface area contributed by atoms with Gasteiger partial charge in [0.25, 0.3) is 0 Å². The van der Waals surface area contributed by atoms with Gasteiger partial charge in [0.05, 0.1) is 18.0 Å². The lowest BCUT2D eigenvalue weighted by molar-refractivity contribution is -0.117. The van der Waals surface area contributed by atoms with E-state index in [0.29, 0.717) is 5.75 Å². The molecule has 2 atom stereocenters. The van der Waals surface area contributed by atoms with Gasteiger partial charge in [0, 0.05) is 0 Å². The lowest BCUT2D eigenvalue weighted by Crippen LogP contribution is -2.30. The minimum absolute atomic E-state index is 0.0871. The molecule has 1 amide bonds. The van der Waals surface area contributed by atoms with Gasteiger partial charge in [-0.3, -0.25) is 9.69 Å². The molecule has 1 fully saturated rings. The maximum Gasteiger partial charge on any atom is 0.241 e. The van der Waals surface area contributed by atoms with Gasteiger partial charge >= 0.3 is 0 Å². The van der Waals surface area contributed by atoms with Gasteiger partial charge in [-0.2, -0.15) is 0 Å². The number of carbonyl (C=O) groups excluding carboxylic acids is 1. The molecule has 142 valence electrons. The average molecular weight is 391 g/mol. The van der Waals surface area contributed by atoms with Crippen molar-refractivity contribution in [1.29, 1.82) is 0 Å². The summed E-state index contributed by atoms with van der Waals surface area (Å²) < 4.78 is 11.4. The van der Waals surface area contributed by atoms with Crippen LogP contribution in [0, 0.1) is 0 Å². The molecule has 4 nitrogen and oxygen atoms in total. The highest BCUT2D eigenvalue weighted by Gasteiger charge is 2.40. The molecule has 5 heteroatoms. The highest BCUT2D eigenvalue weighted by molar-refractivity contribution is 8.01. The Morgan fingerprint density at radius 1 is 0.857 bits per heavy atom. The van der Waals surface area contributed by atoms with Gasteiger partial charge < -0.3 is 9.47 Å². The number of amides is 1. The quantitative estimate of drug-likeness (QED) is 0.563. The Balaban J connectivity index is 1.62. The van der Waals surface area contributed by atoms with E-state index in [9.17, 15) is 4.79 Å². The summed E-state index contributed by atoms with van der Waals surface area (Å²) in [6, 6.07) is 25.2. The van der Waals surface area contributed by atoms with Crippen molar-refractivity contribution in [2.45, 2.75) is 17.5 Å². The summed E-state index contributed by atoms with van der Waals surface area (Å²) in [5, 5.41) is -0.222. The van der Waals surface area contributed by atoms with Crippen LogP contribution in [0.15, 0.2) is 78.9 Å². The minimum atomic E-state index is -0.116. The first kappa shape index (κ1) is 18.4. The molecule has 4 rings (SSSR count). The van der Waals surface area contributed by atoms with Crippen molar-refractivity contribution in [3.8, 4) is 17.2 Å². The predicted molar refractivity (Wildman–Crippen MR) is 113 cm³/mol. The van der Waals surface area contributed by atoms with Crippen molar-refractivity contribution in [3.05, 3.63) is 84.4 Å². The maximum atomic E-state index is 12.9. The smallest absolute Gasteiger partial charge is 0.241 e. The number of benzene rings is 3. The van der Waals surface area contributed by atoms with Crippen molar-refractivity contribution < 1.29 is 14.3 Å². The van der Waals surface area contributed by atoms with E-state index in [0.717, 1.165) is 22.7 Å². The van der Waals surface area contributed by atoms with Crippen molar-refractivity contribution in [3.63, 3.8) is 0 Å². The standard InChI is InChI=1S/C23H21NO3S/c1-16-22(25)24(20-10-6-7-11-21(20)26-2)23(28-16)17-12-14-19(15-13-17)27-18-8-4-3-5-9-18/h3-16,23H,1-2H3/t16-,23-/m0/s1. The highest BCUT2D eigenvalue weighted by atomic mass is 32.2. The third-order valence-corrected chi connectivity index (χ3v) is 5.99. The Kier molecular flexibility index (Phi) is 5.26. The van der Waals surface area contributed by atoms with E-state index in [2.05, 4.69) is 0 Å². The third kappa shape index (κ3) is 3.58. The fourth-order valence-electron chi connectivity index (χ4n) is 3.25. The van der Waals surface area contributed by atoms with E-state index < -0.39 is 0 Å². The normalized spacial score (nSPS) is 18.9. The summed E-state index contributed by atoms with van der Waals surface area (Å²) in [6.45, 7) is 1.95. The molecule has 3 aromatic carbocycles. The van der Waals surface area contributed by atoms with E-state index in [4.69, 9.17) is 9.47 Å². The van der Waals surface area contributed by atoms with Gasteiger partial charge in [0.1, 0.15) is 22.6 Å². The van der Waals surface area contributed by atoms with E-state index in [1.165, 1.54) is 0 Å². The first-order valence-electron chi connectivity index (χ1n) is 9.12. The number of rotatable bonds is 5. The lowest BCUT2D eigenvalue weighted by Gasteiger charge is -2.26. The predicted octanol–water partition coefficient (Wildman–Crippen LogP) is 5.65. The zero-order chi connectivity index (χ0) is 19.5. The number of hydrogen-bond acceptors (Lipinski definition) is 4. The Morgan fingerprint density at radius 2 is 1.50 bits per heavy atom. The molecule has 1 saturated heterocycles. The van der Waals surface area contributed by atoms with Gasteiger partial charge in [-0.05, 0) is 48.9 Å². The van der Waals surface area contributed by atoms with Gasteiger partial charge in [0.15, 0.2) is 0 Å². The van der Waals surface area contributed by atoms with Gasteiger partial charge in [0.2, 0.25) is 5.91 Å². The molecule has 3 aromatic rings. The summed E-state index contributed by atoms with van der Waals surface area (Å²) in [7, 11) is 1.63. The molecular formula is C23H21NO3S. The number of anilines is 1. The first-order chi connectivity index (χ1) is 13.7. The van der Waals surface area contributed by atoms with Crippen LogP contribution < -0.4 is 14.4 Å². The molecule has 28 heavy (non-hydrogen) atoms. The summed E-state index contributed by atoms with van der Waals surface area (Å²) in [5.74, 6) is 2.34. The number of thioether (sulfide) groups is 1. The molecule has 0 saturated carbocycles. The van der Waals surface area contributed by atoms with E-state index >= 15 is 0 Å². The number of methoxy groups -OCH3 is 1. The molecule has 0 bridgehead atoms. The Hall–Kier alpha value is -2.92. The molecular weight excluding hydrogens is 370 g/mol. The summed E-state index contributed by atoms with van der Waals surface area (Å²) >= 11 is 1.64. The number of nitrogens with zero attached hydrogens (tertiary/aromatic N) is 1. The molecule has 0 N–H and O–H groups in total. The second-order valence-corrected chi connectivity index (χ2v) is 7.92. The molecule has 0 aromatic heterocycles. The fourth-order valence-corrected chi connectivity index (χ4v) is 4.52. The molecule has 1 aliphatic rings. The summed E-state index contributed by atoms with van der Waals surface area (Å²) in [6.07, 6.45) is 0. The van der Waals surface area contributed by atoms with Crippen LogP contribution in [-0.4, -0.2) is 18.3 Å². The lowest BCUT2D eigenvalue weighted by atomic mass is 10.1. The SMILES string of the molecule is COc1ccccc1N1C(=O)[C@H](C)S[C@H]1c1ccc(Oc2ccccc2)cc1. The maximum absolute atomic E-state index is 12.9. The summed E-state index contributed by atoms with van der Waals surface area (Å²) in [5.41, 5.74) is 1.84. The molecule has 0 radical (unpaired) electrons. The van der Waals surface area contributed by atoms with Crippen LogP contribution in [0.2, 0.25) is 0 Å². The second kappa shape index (κ2) is 7.98.